The molecule has 0 spiro atoms. The van der Waals surface area contributed by atoms with Gasteiger partial charge in [-0.25, -0.2) is 0 Å². The molecule has 4 heteroatoms. The van der Waals surface area contributed by atoms with Crippen molar-refractivity contribution < 1.29 is 9.53 Å². The Hall–Kier alpha value is -1.77. The van der Waals surface area contributed by atoms with E-state index in [0.717, 1.165) is 28.9 Å². The number of rotatable bonds is 2. The van der Waals surface area contributed by atoms with E-state index in [9.17, 15) is 4.79 Å². The standard InChI is InChI=1S/C18H14Cl2O2/c1-22-13-5-3-12-4-7-18(21)15(14(12)10-13)8-11-2-6-16(19)17(20)9-11/h2-3,5-6,8-10H,4,7H2,1H3/b15-8+. The van der Waals surface area contributed by atoms with Crippen LogP contribution in [0.1, 0.15) is 23.1 Å². The summed E-state index contributed by atoms with van der Waals surface area (Å²) in [5.41, 5.74) is 3.64. The van der Waals surface area contributed by atoms with E-state index in [0.29, 0.717) is 22.0 Å². The van der Waals surface area contributed by atoms with E-state index in [1.54, 1.807) is 19.2 Å². The molecule has 0 N–H and O–H groups in total. The molecule has 0 radical (unpaired) electrons. The number of ketones is 1. The van der Waals surface area contributed by atoms with Crippen LogP contribution in [0, 0.1) is 0 Å². The van der Waals surface area contributed by atoms with Gasteiger partial charge in [0.15, 0.2) is 5.78 Å². The average Bonchev–Trinajstić information content (AvgIpc) is 2.53. The van der Waals surface area contributed by atoms with Crippen molar-refractivity contribution in [2.24, 2.45) is 0 Å². The monoisotopic (exact) mass is 332 g/mol. The molecule has 0 heterocycles. The van der Waals surface area contributed by atoms with E-state index in [-0.39, 0.29) is 5.78 Å². The van der Waals surface area contributed by atoms with Gasteiger partial charge in [-0.3, -0.25) is 4.79 Å². The zero-order chi connectivity index (χ0) is 15.7. The highest BCUT2D eigenvalue weighted by Crippen LogP contribution is 2.33. The van der Waals surface area contributed by atoms with Crippen molar-refractivity contribution in [2.75, 3.05) is 7.11 Å². The minimum absolute atomic E-state index is 0.131. The smallest absolute Gasteiger partial charge is 0.163 e. The summed E-state index contributed by atoms with van der Waals surface area (Å²) >= 11 is 12.0. The molecule has 0 bridgehead atoms. The number of fused-ring (bicyclic) bond motifs is 1. The second-order valence-corrected chi connectivity index (χ2v) is 5.99. The van der Waals surface area contributed by atoms with Gasteiger partial charge in [0.1, 0.15) is 5.75 Å². The van der Waals surface area contributed by atoms with E-state index in [4.69, 9.17) is 27.9 Å². The fourth-order valence-electron chi connectivity index (χ4n) is 2.61. The number of allylic oxidation sites excluding steroid dienone is 1. The van der Waals surface area contributed by atoms with Crippen molar-refractivity contribution in [3.8, 4) is 5.75 Å². The number of halogens is 2. The zero-order valence-corrected chi connectivity index (χ0v) is 13.5. The first kappa shape index (κ1) is 15.1. The third-order valence-corrected chi connectivity index (χ3v) is 4.52. The number of hydrogen-bond acceptors (Lipinski definition) is 2. The van der Waals surface area contributed by atoms with E-state index >= 15 is 0 Å². The van der Waals surface area contributed by atoms with Gasteiger partial charge in [0.05, 0.1) is 17.2 Å². The van der Waals surface area contributed by atoms with Crippen molar-refractivity contribution in [2.45, 2.75) is 12.8 Å². The normalized spacial score (nSPS) is 15.8. The summed E-state index contributed by atoms with van der Waals surface area (Å²) in [6, 6.07) is 11.2. The van der Waals surface area contributed by atoms with Crippen molar-refractivity contribution in [1.82, 2.24) is 0 Å². The van der Waals surface area contributed by atoms with Crippen LogP contribution in [-0.4, -0.2) is 12.9 Å². The Balaban J connectivity index is 2.11. The van der Waals surface area contributed by atoms with Gasteiger partial charge in [0.2, 0.25) is 0 Å². The number of hydrogen-bond donors (Lipinski definition) is 0. The number of Topliss-reactive ketones (excluding diaryl/α,β-unsaturated/α-hetero) is 1. The molecule has 0 atom stereocenters. The SMILES string of the molecule is COc1ccc2c(c1)/C(=C\c1ccc(Cl)c(Cl)c1)C(=O)CC2. The molecule has 0 saturated carbocycles. The summed E-state index contributed by atoms with van der Waals surface area (Å²) in [4.78, 5) is 12.3. The number of carbonyl (C=O) groups excluding carboxylic acids is 1. The highest BCUT2D eigenvalue weighted by molar-refractivity contribution is 6.42. The molecule has 2 nitrogen and oxygen atoms in total. The number of methoxy groups -OCH3 is 1. The molecule has 112 valence electrons. The highest BCUT2D eigenvalue weighted by atomic mass is 35.5. The van der Waals surface area contributed by atoms with Gasteiger partial charge in [-0.1, -0.05) is 35.3 Å². The van der Waals surface area contributed by atoms with Gasteiger partial charge in [-0.15, -0.1) is 0 Å². The zero-order valence-electron chi connectivity index (χ0n) is 12.0. The Morgan fingerprint density at radius 2 is 1.86 bits per heavy atom. The van der Waals surface area contributed by atoms with E-state index < -0.39 is 0 Å². The topological polar surface area (TPSA) is 26.3 Å². The van der Waals surface area contributed by atoms with Crippen LogP contribution in [0.4, 0.5) is 0 Å². The number of aryl methyl sites for hydroxylation is 1. The van der Waals surface area contributed by atoms with E-state index in [1.807, 2.05) is 30.3 Å². The molecule has 0 amide bonds. The van der Waals surface area contributed by atoms with Crippen LogP contribution < -0.4 is 4.74 Å². The molecule has 0 fully saturated rings. The van der Waals surface area contributed by atoms with Gasteiger partial charge >= 0.3 is 0 Å². The molecule has 2 aromatic carbocycles. The summed E-state index contributed by atoms with van der Waals surface area (Å²) in [5.74, 6) is 0.875. The lowest BCUT2D eigenvalue weighted by atomic mass is 9.85. The number of carbonyl (C=O) groups is 1. The van der Waals surface area contributed by atoms with Crippen molar-refractivity contribution >= 4 is 40.6 Å². The molecule has 2 aromatic rings. The van der Waals surface area contributed by atoms with E-state index in [1.165, 1.54) is 0 Å². The summed E-state index contributed by atoms with van der Waals surface area (Å²) in [5, 5.41) is 0.978. The predicted molar refractivity (Wildman–Crippen MR) is 90.7 cm³/mol. The Morgan fingerprint density at radius 3 is 2.59 bits per heavy atom. The van der Waals surface area contributed by atoms with Gasteiger partial charge in [-0.05, 0) is 53.5 Å². The van der Waals surface area contributed by atoms with Gasteiger partial charge in [-0.2, -0.15) is 0 Å². The molecule has 1 aliphatic rings. The number of ether oxygens (including phenoxy) is 1. The molecule has 0 saturated heterocycles. The lowest BCUT2D eigenvalue weighted by Gasteiger charge is -2.19. The van der Waals surface area contributed by atoms with Gasteiger partial charge in [0, 0.05) is 12.0 Å². The molecule has 0 aromatic heterocycles. The molecule has 0 aliphatic heterocycles. The van der Waals surface area contributed by atoms with Crippen LogP contribution in [0.2, 0.25) is 10.0 Å². The van der Waals surface area contributed by atoms with Crippen molar-refractivity contribution in [1.29, 1.82) is 0 Å². The maximum Gasteiger partial charge on any atom is 0.163 e. The molecule has 22 heavy (non-hydrogen) atoms. The third kappa shape index (κ3) is 2.90. The summed E-state index contributed by atoms with van der Waals surface area (Å²) < 4.78 is 5.27. The molecular weight excluding hydrogens is 319 g/mol. The fraction of sp³-hybridized carbons (Fsp3) is 0.167. The fourth-order valence-corrected chi connectivity index (χ4v) is 2.92. The maximum absolute atomic E-state index is 12.3. The third-order valence-electron chi connectivity index (χ3n) is 3.78. The minimum atomic E-state index is 0.131. The quantitative estimate of drug-likeness (QED) is 0.718. The lowest BCUT2D eigenvalue weighted by Crippen LogP contribution is -2.12. The predicted octanol–water partition coefficient (Wildman–Crippen LogP) is 5.06. The second kappa shape index (κ2) is 6.15. The minimum Gasteiger partial charge on any atom is -0.497 e. The second-order valence-electron chi connectivity index (χ2n) is 5.18. The Bertz CT molecular complexity index is 779. The highest BCUT2D eigenvalue weighted by Gasteiger charge is 2.22. The van der Waals surface area contributed by atoms with Gasteiger partial charge in [0.25, 0.3) is 0 Å². The summed E-state index contributed by atoms with van der Waals surface area (Å²) in [6.45, 7) is 0. The van der Waals surface area contributed by atoms with Gasteiger partial charge < -0.3 is 4.74 Å². The summed E-state index contributed by atoms with van der Waals surface area (Å²) in [7, 11) is 1.62. The van der Waals surface area contributed by atoms with Crippen LogP contribution in [0.25, 0.3) is 11.6 Å². The average molecular weight is 333 g/mol. The molecule has 1 aliphatic carbocycles. The first-order valence-corrected chi connectivity index (χ1v) is 7.71. The molecule has 3 rings (SSSR count). The van der Waals surface area contributed by atoms with Crippen LogP contribution >= 0.6 is 23.2 Å². The lowest BCUT2D eigenvalue weighted by molar-refractivity contribution is -0.113. The first-order valence-electron chi connectivity index (χ1n) is 6.95. The van der Waals surface area contributed by atoms with Crippen molar-refractivity contribution in [3.63, 3.8) is 0 Å². The van der Waals surface area contributed by atoms with Crippen LogP contribution in [0.15, 0.2) is 36.4 Å². The van der Waals surface area contributed by atoms with E-state index in [2.05, 4.69) is 0 Å². The maximum atomic E-state index is 12.3. The van der Waals surface area contributed by atoms with Crippen LogP contribution in [-0.2, 0) is 11.2 Å². The largest absolute Gasteiger partial charge is 0.497 e. The summed E-state index contributed by atoms with van der Waals surface area (Å²) in [6.07, 6.45) is 3.14. The Kier molecular flexibility index (Phi) is 4.23. The Morgan fingerprint density at radius 1 is 1.05 bits per heavy atom. The van der Waals surface area contributed by atoms with Crippen LogP contribution in [0.3, 0.4) is 0 Å². The first-order chi connectivity index (χ1) is 10.6. The molecular formula is C18H14Cl2O2. The van der Waals surface area contributed by atoms with Crippen molar-refractivity contribution in [3.05, 3.63) is 63.1 Å². The number of benzene rings is 2. The Labute approximate surface area is 139 Å². The molecule has 0 unspecified atom stereocenters. The van der Waals surface area contributed by atoms with Crippen LogP contribution in [0.5, 0.6) is 5.75 Å².